The largest absolute Gasteiger partial charge is 0.422 e. The van der Waals surface area contributed by atoms with Crippen molar-refractivity contribution >= 4 is 0 Å². The van der Waals surface area contributed by atoms with Gasteiger partial charge >= 0.3 is 0 Å². The maximum Gasteiger partial charge on any atom is 0.286 e. The predicted octanol–water partition coefficient (Wildman–Crippen LogP) is -0.109. The van der Waals surface area contributed by atoms with Gasteiger partial charge in [0.1, 0.15) is 13.2 Å². The molecule has 0 rings (SSSR count). The van der Waals surface area contributed by atoms with Gasteiger partial charge in [-0.25, -0.2) is 0 Å². The number of rotatable bonds is 6. The Balaban J connectivity index is 3.70. The molecule has 0 aliphatic carbocycles. The lowest BCUT2D eigenvalue weighted by Gasteiger charge is -2.12. The van der Waals surface area contributed by atoms with Crippen molar-refractivity contribution in [3.8, 4) is 18.4 Å². The highest BCUT2D eigenvalue weighted by atomic mass is 16.7. The van der Waals surface area contributed by atoms with Gasteiger partial charge < -0.3 is 14.2 Å². The standard InChI is InChI=1S/C7H7N3O3/c8-1-3-12-7(5-11-6-10)13-4-2-9/h7H,3-5H2. The summed E-state index contributed by atoms with van der Waals surface area (Å²) in [5, 5.41) is 24.4. The second kappa shape index (κ2) is 8.29. The summed E-state index contributed by atoms with van der Waals surface area (Å²) in [4.78, 5) is 0. The summed E-state index contributed by atoms with van der Waals surface area (Å²) in [5.74, 6) is 0. The average Bonchev–Trinajstić information content (AvgIpc) is 2.17. The normalized spacial score (nSPS) is 8.46. The van der Waals surface area contributed by atoms with Crippen LogP contribution < -0.4 is 0 Å². The van der Waals surface area contributed by atoms with Crippen LogP contribution in [0.15, 0.2) is 0 Å². The molecule has 0 amide bonds. The number of hydrogen-bond donors (Lipinski definition) is 0. The fourth-order valence-electron chi connectivity index (χ4n) is 0.510. The Morgan fingerprint density at radius 2 is 1.54 bits per heavy atom. The van der Waals surface area contributed by atoms with Crippen LogP contribution >= 0.6 is 0 Å². The van der Waals surface area contributed by atoms with Crippen molar-refractivity contribution in [2.75, 3.05) is 19.8 Å². The minimum absolute atomic E-state index is 0.125. The average molecular weight is 181 g/mol. The molecular weight excluding hydrogens is 174 g/mol. The zero-order chi connectivity index (χ0) is 9.94. The molecule has 0 N–H and O–H groups in total. The molecule has 0 unspecified atom stereocenters. The van der Waals surface area contributed by atoms with Crippen LogP contribution in [-0.2, 0) is 14.2 Å². The molecule has 0 fully saturated rings. The maximum atomic E-state index is 8.16. The van der Waals surface area contributed by atoms with Gasteiger partial charge in [-0.05, 0) is 0 Å². The molecule has 6 heteroatoms. The van der Waals surface area contributed by atoms with Crippen LogP contribution in [0.25, 0.3) is 0 Å². The van der Waals surface area contributed by atoms with E-state index < -0.39 is 6.29 Å². The second-order valence-corrected chi connectivity index (χ2v) is 1.77. The molecule has 0 saturated carbocycles. The third-order valence-electron chi connectivity index (χ3n) is 0.952. The van der Waals surface area contributed by atoms with Crippen molar-refractivity contribution in [1.82, 2.24) is 0 Å². The first-order valence-electron chi connectivity index (χ1n) is 3.33. The molecule has 0 saturated heterocycles. The van der Waals surface area contributed by atoms with Crippen molar-refractivity contribution in [3.05, 3.63) is 0 Å². The van der Waals surface area contributed by atoms with Gasteiger partial charge in [0.15, 0.2) is 12.9 Å². The van der Waals surface area contributed by atoms with E-state index in [1.807, 2.05) is 0 Å². The summed E-state index contributed by atoms with van der Waals surface area (Å²) < 4.78 is 13.9. The second-order valence-electron chi connectivity index (χ2n) is 1.77. The van der Waals surface area contributed by atoms with Gasteiger partial charge in [-0.15, -0.1) is 0 Å². The first-order chi connectivity index (χ1) is 6.35. The van der Waals surface area contributed by atoms with Crippen molar-refractivity contribution < 1.29 is 14.2 Å². The molecule has 0 aliphatic rings. The Labute approximate surface area is 75.4 Å². The molecule has 13 heavy (non-hydrogen) atoms. The molecule has 0 heterocycles. The highest BCUT2D eigenvalue weighted by Crippen LogP contribution is 1.95. The molecule has 0 aromatic rings. The van der Waals surface area contributed by atoms with Crippen LogP contribution in [0.3, 0.4) is 0 Å². The summed E-state index contributed by atoms with van der Waals surface area (Å²) in [5.41, 5.74) is 0. The molecule has 0 radical (unpaired) electrons. The van der Waals surface area contributed by atoms with E-state index in [1.165, 1.54) is 6.26 Å². The predicted molar refractivity (Wildman–Crippen MR) is 38.5 cm³/mol. The summed E-state index contributed by atoms with van der Waals surface area (Å²) in [7, 11) is 0. The van der Waals surface area contributed by atoms with E-state index in [0.717, 1.165) is 0 Å². The van der Waals surface area contributed by atoms with Crippen LogP contribution in [0.2, 0.25) is 0 Å². The number of nitrogens with zero attached hydrogens (tertiary/aromatic N) is 3. The first-order valence-corrected chi connectivity index (χ1v) is 3.33. The highest BCUT2D eigenvalue weighted by molar-refractivity contribution is 4.70. The van der Waals surface area contributed by atoms with Crippen LogP contribution in [-0.4, -0.2) is 26.1 Å². The van der Waals surface area contributed by atoms with E-state index in [-0.39, 0.29) is 19.8 Å². The maximum absolute atomic E-state index is 8.16. The van der Waals surface area contributed by atoms with Crippen molar-refractivity contribution in [2.24, 2.45) is 0 Å². The van der Waals surface area contributed by atoms with Crippen molar-refractivity contribution in [2.45, 2.75) is 6.29 Å². The van der Waals surface area contributed by atoms with Crippen molar-refractivity contribution in [1.29, 1.82) is 15.8 Å². The topological polar surface area (TPSA) is 99.1 Å². The molecule has 0 aliphatic heterocycles. The Bertz CT molecular complexity index is 204. The highest BCUT2D eigenvalue weighted by Gasteiger charge is 2.09. The van der Waals surface area contributed by atoms with Gasteiger partial charge in [-0.1, -0.05) is 0 Å². The SMILES string of the molecule is N#CCOC(COC#N)OCC#N. The number of ether oxygens (including phenoxy) is 3. The van der Waals surface area contributed by atoms with E-state index >= 15 is 0 Å². The van der Waals surface area contributed by atoms with Gasteiger partial charge in [0.05, 0.1) is 12.1 Å². The van der Waals surface area contributed by atoms with Crippen molar-refractivity contribution in [3.63, 3.8) is 0 Å². The molecule has 0 aromatic carbocycles. The quantitative estimate of drug-likeness (QED) is 0.418. The Kier molecular flexibility index (Phi) is 7.13. The summed E-state index contributed by atoms with van der Waals surface area (Å²) in [6.07, 6.45) is 0.577. The van der Waals surface area contributed by atoms with E-state index in [2.05, 4.69) is 4.74 Å². The molecule has 68 valence electrons. The van der Waals surface area contributed by atoms with Crippen LogP contribution in [0.1, 0.15) is 0 Å². The first kappa shape index (κ1) is 11.2. The minimum atomic E-state index is -0.848. The lowest BCUT2D eigenvalue weighted by Crippen LogP contribution is -2.23. The van der Waals surface area contributed by atoms with Crippen LogP contribution in [0, 0.1) is 34.2 Å². The van der Waals surface area contributed by atoms with Gasteiger partial charge in [0, 0.05) is 0 Å². The lowest BCUT2D eigenvalue weighted by atomic mass is 10.6. The molecule has 6 nitrogen and oxygen atoms in total. The summed E-state index contributed by atoms with van der Waals surface area (Å²) in [6, 6.07) is 3.45. The van der Waals surface area contributed by atoms with E-state index in [1.54, 1.807) is 12.1 Å². The Hall–Kier alpha value is -1.81. The van der Waals surface area contributed by atoms with Crippen LogP contribution in [0.4, 0.5) is 0 Å². The van der Waals surface area contributed by atoms with Gasteiger partial charge in [-0.2, -0.15) is 15.8 Å². The molecular formula is C7H7N3O3. The van der Waals surface area contributed by atoms with E-state index in [0.29, 0.717) is 0 Å². The van der Waals surface area contributed by atoms with E-state index in [4.69, 9.17) is 25.3 Å². The molecule has 0 bridgehead atoms. The van der Waals surface area contributed by atoms with Gasteiger partial charge in [-0.3, -0.25) is 0 Å². The smallest absolute Gasteiger partial charge is 0.286 e. The zero-order valence-corrected chi connectivity index (χ0v) is 6.77. The fourth-order valence-corrected chi connectivity index (χ4v) is 0.510. The van der Waals surface area contributed by atoms with Gasteiger partial charge in [0.25, 0.3) is 6.26 Å². The fraction of sp³-hybridized carbons (Fsp3) is 0.571. The Morgan fingerprint density at radius 1 is 1.00 bits per heavy atom. The number of hydrogen-bond acceptors (Lipinski definition) is 6. The number of nitriles is 3. The summed E-state index contributed by atoms with van der Waals surface area (Å²) in [6.45, 7) is -0.477. The zero-order valence-electron chi connectivity index (χ0n) is 6.77. The Morgan fingerprint density at radius 3 is 1.92 bits per heavy atom. The van der Waals surface area contributed by atoms with E-state index in [9.17, 15) is 0 Å². The molecule has 0 spiro atoms. The monoisotopic (exact) mass is 181 g/mol. The lowest BCUT2D eigenvalue weighted by molar-refractivity contribution is -0.146. The van der Waals surface area contributed by atoms with Gasteiger partial charge in [0.2, 0.25) is 0 Å². The third kappa shape index (κ3) is 6.58. The summed E-state index contributed by atoms with van der Waals surface area (Å²) >= 11 is 0. The minimum Gasteiger partial charge on any atom is -0.422 e. The van der Waals surface area contributed by atoms with Crippen LogP contribution in [0.5, 0.6) is 0 Å². The molecule has 0 aromatic heterocycles. The third-order valence-corrected chi connectivity index (χ3v) is 0.952. The molecule has 0 atom stereocenters.